The number of likely N-dealkylation sites (tertiary alicyclic amines) is 1. The number of nitrogens with one attached hydrogen (secondary N) is 1. The number of aromatic carboxylic acids is 1. The Labute approximate surface area is 170 Å². The van der Waals surface area contributed by atoms with Crippen molar-refractivity contribution in [1.29, 1.82) is 0 Å². The first kappa shape index (κ1) is 20.6. The summed E-state index contributed by atoms with van der Waals surface area (Å²) in [7, 11) is 0. The highest BCUT2D eigenvalue weighted by Crippen LogP contribution is 2.19. The number of carbonyl (C=O) groups excluding carboxylic acids is 2. The number of benzene rings is 2. The molecule has 1 saturated heterocycles. The maximum atomic E-state index is 12.8. The average Bonchev–Trinajstić information content (AvgIpc) is 2.76. The predicted octanol–water partition coefficient (Wildman–Crippen LogP) is 3.13. The Bertz CT molecular complexity index is 866. The molecule has 29 heavy (non-hydrogen) atoms. The SMILES string of the molecule is O=C(NCC1CCCCN1C(=O)CCc1ccccc1C(=O)O)c1ccccc1. The molecule has 2 N–H and O–H groups in total. The molecule has 0 spiro atoms. The van der Waals surface area contributed by atoms with Crippen molar-refractivity contribution in [2.24, 2.45) is 0 Å². The smallest absolute Gasteiger partial charge is 0.335 e. The van der Waals surface area contributed by atoms with Gasteiger partial charge < -0.3 is 15.3 Å². The molecular formula is C23H26N2O4. The van der Waals surface area contributed by atoms with Crippen LogP contribution in [-0.2, 0) is 11.2 Å². The quantitative estimate of drug-likeness (QED) is 0.755. The van der Waals surface area contributed by atoms with E-state index >= 15 is 0 Å². The van der Waals surface area contributed by atoms with Gasteiger partial charge in [0.1, 0.15) is 0 Å². The third-order valence-electron chi connectivity index (χ3n) is 5.34. The topological polar surface area (TPSA) is 86.7 Å². The minimum Gasteiger partial charge on any atom is -0.478 e. The van der Waals surface area contributed by atoms with E-state index in [9.17, 15) is 19.5 Å². The fourth-order valence-corrected chi connectivity index (χ4v) is 3.78. The molecule has 1 aliphatic heterocycles. The van der Waals surface area contributed by atoms with Crippen LogP contribution in [0.4, 0.5) is 0 Å². The highest BCUT2D eigenvalue weighted by Gasteiger charge is 2.27. The number of nitrogens with zero attached hydrogens (tertiary/aromatic N) is 1. The maximum absolute atomic E-state index is 12.8. The van der Waals surface area contributed by atoms with Crippen LogP contribution >= 0.6 is 0 Å². The van der Waals surface area contributed by atoms with Gasteiger partial charge in [-0.05, 0) is 49.4 Å². The molecule has 152 valence electrons. The molecule has 6 nitrogen and oxygen atoms in total. The van der Waals surface area contributed by atoms with Gasteiger partial charge in [-0.15, -0.1) is 0 Å². The van der Waals surface area contributed by atoms with E-state index in [-0.39, 0.29) is 29.8 Å². The standard InChI is InChI=1S/C23H26N2O4/c26-21(14-13-17-8-4-5-12-20(17)23(28)29)25-15-7-6-11-19(25)16-24-22(27)18-9-2-1-3-10-18/h1-5,8-10,12,19H,6-7,11,13-16H2,(H,24,27)(H,28,29). The fraction of sp³-hybridized carbons (Fsp3) is 0.348. The Morgan fingerprint density at radius 1 is 1.00 bits per heavy atom. The van der Waals surface area contributed by atoms with Gasteiger partial charge in [-0.2, -0.15) is 0 Å². The maximum Gasteiger partial charge on any atom is 0.335 e. The third-order valence-corrected chi connectivity index (χ3v) is 5.34. The number of aryl methyl sites for hydroxylation is 1. The summed E-state index contributed by atoms with van der Waals surface area (Å²) in [6.07, 6.45) is 3.47. The number of carboxylic acid groups (broad SMARTS) is 1. The van der Waals surface area contributed by atoms with Crippen LogP contribution in [-0.4, -0.2) is 46.9 Å². The van der Waals surface area contributed by atoms with Crippen molar-refractivity contribution in [2.75, 3.05) is 13.1 Å². The van der Waals surface area contributed by atoms with E-state index < -0.39 is 5.97 Å². The number of piperidine rings is 1. The summed E-state index contributed by atoms with van der Waals surface area (Å²) in [4.78, 5) is 38.3. The lowest BCUT2D eigenvalue weighted by Gasteiger charge is -2.36. The number of amides is 2. The summed E-state index contributed by atoms with van der Waals surface area (Å²) in [5.41, 5.74) is 1.51. The fourth-order valence-electron chi connectivity index (χ4n) is 3.78. The number of hydrogen-bond acceptors (Lipinski definition) is 3. The van der Waals surface area contributed by atoms with Crippen LogP contribution in [0.2, 0.25) is 0 Å². The average molecular weight is 394 g/mol. The van der Waals surface area contributed by atoms with Crippen molar-refractivity contribution < 1.29 is 19.5 Å². The zero-order chi connectivity index (χ0) is 20.6. The second-order valence-corrected chi connectivity index (χ2v) is 7.28. The van der Waals surface area contributed by atoms with Crippen molar-refractivity contribution in [3.05, 3.63) is 71.3 Å². The predicted molar refractivity (Wildman–Crippen MR) is 110 cm³/mol. The van der Waals surface area contributed by atoms with Crippen LogP contribution in [0.25, 0.3) is 0 Å². The van der Waals surface area contributed by atoms with Gasteiger partial charge in [0.2, 0.25) is 5.91 Å². The van der Waals surface area contributed by atoms with Gasteiger partial charge in [0.15, 0.2) is 0 Å². The Kier molecular flexibility index (Phi) is 7.00. The van der Waals surface area contributed by atoms with Crippen molar-refractivity contribution in [2.45, 2.75) is 38.1 Å². The van der Waals surface area contributed by atoms with Gasteiger partial charge in [-0.1, -0.05) is 36.4 Å². The van der Waals surface area contributed by atoms with E-state index in [1.165, 1.54) is 0 Å². The van der Waals surface area contributed by atoms with E-state index in [1.54, 1.807) is 36.4 Å². The highest BCUT2D eigenvalue weighted by atomic mass is 16.4. The first-order valence-corrected chi connectivity index (χ1v) is 10.00. The lowest BCUT2D eigenvalue weighted by molar-refractivity contribution is -0.134. The van der Waals surface area contributed by atoms with Crippen molar-refractivity contribution in [3.63, 3.8) is 0 Å². The summed E-state index contributed by atoms with van der Waals surface area (Å²) in [5, 5.41) is 12.2. The monoisotopic (exact) mass is 394 g/mol. The molecule has 1 aliphatic rings. The zero-order valence-electron chi connectivity index (χ0n) is 16.3. The Hall–Kier alpha value is -3.15. The second kappa shape index (κ2) is 9.87. The van der Waals surface area contributed by atoms with Crippen molar-refractivity contribution in [3.8, 4) is 0 Å². The van der Waals surface area contributed by atoms with Crippen LogP contribution in [0.3, 0.4) is 0 Å². The van der Waals surface area contributed by atoms with E-state index in [1.807, 2.05) is 23.1 Å². The first-order chi connectivity index (χ1) is 14.1. The summed E-state index contributed by atoms with van der Waals surface area (Å²) in [6.45, 7) is 1.09. The third kappa shape index (κ3) is 5.44. The molecule has 1 unspecified atom stereocenters. The molecule has 2 aromatic carbocycles. The van der Waals surface area contributed by atoms with Crippen LogP contribution in [0.15, 0.2) is 54.6 Å². The Morgan fingerprint density at radius 2 is 1.72 bits per heavy atom. The minimum atomic E-state index is -0.979. The number of hydrogen-bond donors (Lipinski definition) is 2. The lowest BCUT2D eigenvalue weighted by Crippen LogP contribution is -2.49. The molecule has 1 atom stereocenters. The van der Waals surface area contributed by atoms with Gasteiger partial charge in [-0.3, -0.25) is 9.59 Å². The van der Waals surface area contributed by atoms with Crippen LogP contribution in [0.5, 0.6) is 0 Å². The van der Waals surface area contributed by atoms with Gasteiger partial charge in [-0.25, -0.2) is 4.79 Å². The number of carboxylic acids is 1. The minimum absolute atomic E-state index is 0.00357. The summed E-state index contributed by atoms with van der Waals surface area (Å²) < 4.78 is 0. The molecule has 0 aliphatic carbocycles. The van der Waals surface area contributed by atoms with Gasteiger partial charge in [0, 0.05) is 31.1 Å². The van der Waals surface area contributed by atoms with Crippen LogP contribution in [0, 0.1) is 0 Å². The number of rotatable bonds is 7. The van der Waals surface area contributed by atoms with E-state index in [2.05, 4.69) is 5.32 Å². The Morgan fingerprint density at radius 3 is 2.48 bits per heavy atom. The molecule has 1 fully saturated rings. The summed E-state index contributed by atoms with van der Waals surface area (Å²) in [6, 6.07) is 15.8. The van der Waals surface area contributed by atoms with Gasteiger partial charge in [0.25, 0.3) is 5.91 Å². The van der Waals surface area contributed by atoms with Crippen LogP contribution in [0.1, 0.15) is 52.0 Å². The number of carbonyl (C=O) groups is 3. The van der Waals surface area contributed by atoms with Crippen LogP contribution < -0.4 is 5.32 Å². The molecule has 0 saturated carbocycles. The van der Waals surface area contributed by atoms with Gasteiger partial charge in [0.05, 0.1) is 5.56 Å². The first-order valence-electron chi connectivity index (χ1n) is 10.00. The largest absolute Gasteiger partial charge is 0.478 e. The van der Waals surface area contributed by atoms with E-state index in [4.69, 9.17) is 0 Å². The zero-order valence-corrected chi connectivity index (χ0v) is 16.3. The molecular weight excluding hydrogens is 368 g/mol. The molecule has 0 bridgehead atoms. The van der Waals surface area contributed by atoms with E-state index in [0.29, 0.717) is 30.6 Å². The molecule has 2 aromatic rings. The normalized spacial score (nSPS) is 16.3. The molecule has 2 amide bonds. The molecule has 0 radical (unpaired) electrons. The van der Waals surface area contributed by atoms with Gasteiger partial charge >= 0.3 is 5.97 Å². The highest BCUT2D eigenvalue weighted by molar-refractivity contribution is 5.94. The van der Waals surface area contributed by atoms with E-state index in [0.717, 1.165) is 19.3 Å². The second-order valence-electron chi connectivity index (χ2n) is 7.28. The summed E-state index contributed by atoms with van der Waals surface area (Å²) in [5.74, 6) is -1.12. The van der Waals surface area contributed by atoms with Crippen molar-refractivity contribution >= 4 is 17.8 Å². The molecule has 0 aromatic heterocycles. The molecule has 1 heterocycles. The lowest BCUT2D eigenvalue weighted by atomic mass is 9.99. The molecule has 3 rings (SSSR count). The van der Waals surface area contributed by atoms with Crippen molar-refractivity contribution in [1.82, 2.24) is 10.2 Å². The summed E-state index contributed by atoms with van der Waals surface area (Å²) >= 11 is 0. The molecule has 6 heteroatoms. The Balaban J connectivity index is 1.58.